The number of unbranched alkanes of at least 4 members (excludes halogenated alkanes) is 9. The van der Waals surface area contributed by atoms with Crippen LogP contribution in [0.5, 0.6) is 0 Å². The van der Waals surface area contributed by atoms with Crippen LogP contribution in [0.1, 0.15) is 105 Å². The van der Waals surface area contributed by atoms with Crippen molar-refractivity contribution in [1.82, 2.24) is 16.0 Å². The minimum atomic E-state index is -1.66. The number of ether oxygens (including phenoxy) is 3. The summed E-state index contributed by atoms with van der Waals surface area (Å²) < 4.78 is 15.7. The van der Waals surface area contributed by atoms with Crippen LogP contribution >= 0.6 is 0 Å². The van der Waals surface area contributed by atoms with E-state index in [-0.39, 0.29) is 12.8 Å². The summed E-state index contributed by atoms with van der Waals surface area (Å²) in [6, 6.07) is -3.62. The molecule has 46 heavy (non-hydrogen) atoms. The van der Waals surface area contributed by atoms with Crippen LogP contribution in [-0.4, -0.2) is 112 Å². The quantitative estimate of drug-likeness (QED) is 0.0454. The molecule has 1 aliphatic heterocycles. The number of aliphatic hydroxyl groups is 3. The number of aliphatic carboxylic acids is 1. The maximum atomic E-state index is 12.8. The second-order valence-corrected chi connectivity index (χ2v) is 11.8. The summed E-state index contributed by atoms with van der Waals surface area (Å²) in [4.78, 5) is 60.9. The predicted octanol–water partition coefficient (Wildman–Crippen LogP) is 0.654. The zero-order chi connectivity index (χ0) is 34.6. The fraction of sp³-hybridized carbons (Fsp3) is 0.839. The number of carbonyl (C=O) groups excluding carboxylic acids is 4. The van der Waals surface area contributed by atoms with E-state index < -0.39 is 85.2 Å². The Morgan fingerprint density at radius 1 is 0.891 bits per heavy atom. The molecule has 2 amide bonds. The van der Waals surface area contributed by atoms with Gasteiger partial charge in [0.15, 0.2) is 6.29 Å². The molecule has 15 nitrogen and oxygen atoms in total. The molecule has 1 heterocycles. The first-order chi connectivity index (χ1) is 21.8. The molecule has 0 aromatic rings. The highest BCUT2D eigenvalue weighted by Gasteiger charge is 2.47. The third kappa shape index (κ3) is 15.7. The van der Waals surface area contributed by atoms with Crippen molar-refractivity contribution < 1.29 is 58.6 Å². The zero-order valence-corrected chi connectivity index (χ0v) is 27.6. The Kier molecular flexibility index (Phi) is 20.5. The predicted molar refractivity (Wildman–Crippen MR) is 165 cm³/mol. The highest BCUT2D eigenvalue weighted by molar-refractivity contribution is 5.93. The minimum absolute atomic E-state index is 0.0889. The second kappa shape index (κ2) is 22.8. The average Bonchev–Trinajstić information content (AvgIpc) is 3.00. The highest BCUT2D eigenvalue weighted by atomic mass is 16.6. The first-order valence-electron chi connectivity index (χ1n) is 16.4. The first kappa shape index (κ1) is 41.3. The highest BCUT2D eigenvalue weighted by Crippen LogP contribution is 2.24. The third-order valence-electron chi connectivity index (χ3n) is 7.74. The molecule has 7 N–H and O–H groups in total. The van der Waals surface area contributed by atoms with E-state index in [9.17, 15) is 39.3 Å². The Morgan fingerprint density at radius 2 is 1.48 bits per heavy atom. The normalized spacial score (nSPS) is 23.2. The van der Waals surface area contributed by atoms with E-state index in [1.165, 1.54) is 59.3 Å². The number of hydrogen-bond acceptors (Lipinski definition) is 12. The molecule has 0 bridgehead atoms. The van der Waals surface area contributed by atoms with Crippen LogP contribution in [-0.2, 0) is 38.2 Å². The molecule has 0 radical (unpaired) electrons. The molecule has 1 fully saturated rings. The van der Waals surface area contributed by atoms with Crippen molar-refractivity contribution in [3.63, 3.8) is 0 Å². The van der Waals surface area contributed by atoms with Crippen molar-refractivity contribution in [1.29, 1.82) is 0 Å². The molecular formula is C31H55N3O12. The topological polar surface area (TPSA) is 230 Å². The van der Waals surface area contributed by atoms with Crippen LogP contribution in [0.2, 0.25) is 0 Å². The van der Waals surface area contributed by atoms with Gasteiger partial charge in [-0.2, -0.15) is 0 Å². The van der Waals surface area contributed by atoms with Crippen LogP contribution in [0.25, 0.3) is 0 Å². The lowest BCUT2D eigenvalue weighted by Gasteiger charge is -2.43. The lowest BCUT2D eigenvalue weighted by molar-refractivity contribution is -0.266. The summed E-state index contributed by atoms with van der Waals surface area (Å²) >= 11 is 0. The number of nitrogens with one attached hydrogen (secondary N) is 3. The van der Waals surface area contributed by atoms with Gasteiger partial charge in [0.1, 0.15) is 42.5 Å². The fourth-order valence-electron chi connectivity index (χ4n) is 5.04. The summed E-state index contributed by atoms with van der Waals surface area (Å²) in [5.74, 6) is -4.56. The lowest BCUT2D eigenvalue weighted by atomic mass is 9.96. The Labute approximate surface area is 271 Å². The van der Waals surface area contributed by atoms with Crippen molar-refractivity contribution in [2.75, 3.05) is 13.2 Å². The standard InChI is InChI=1S/C31H55N3O12/c1-5-6-7-8-9-10-11-12-13-14-17-32-22(15-16-24(37)38)30(42)46-29(41)19(2)33-28(40)20(3)44-27-25(34-21(4)36)31(43)45-23(18-35)26(27)39/h19-20,22-23,25-27,31-32,35,39,43H,5-18H2,1-4H3,(H,33,40)(H,34,36)(H,37,38)/t19-,20+,22+,23+,25+,26+,27+,31-/m0/s1. The van der Waals surface area contributed by atoms with E-state index in [0.717, 1.165) is 25.7 Å². The monoisotopic (exact) mass is 661 g/mol. The third-order valence-corrected chi connectivity index (χ3v) is 7.74. The molecule has 1 rings (SSSR count). The maximum absolute atomic E-state index is 12.8. The van der Waals surface area contributed by atoms with E-state index in [0.29, 0.717) is 6.54 Å². The first-order valence-corrected chi connectivity index (χ1v) is 16.4. The SMILES string of the molecule is CCCCCCCCCCCCN[C@H](CCC(=O)O)C(=O)OC(=O)[C@H](C)NC(=O)[C@@H](C)O[C@H]1[C@H](O)[C@@H](CO)O[C@H](O)[C@@H]1NC(C)=O. The van der Waals surface area contributed by atoms with Gasteiger partial charge >= 0.3 is 17.9 Å². The van der Waals surface area contributed by atoms with Crippen molar-refractivity contribution in [3.05, 3.63) is 0 Å². The van der Waals surface area contributed by atoms with E-state index >= 15 is 0 Å². The smallest absolute Gasteiger partial charge is 0.336 e. The summed E-state index contributed by atoms with van der Waals surface area (Å²) in [5.41, 5.74) is 0. The Hall–Kier alpha value is -2.69. The van der Waals surface area contributed by atoms with Gasteiger partial charge in [-0.05, 0) is 33.2 Å². The number of carbonyl (C=O) groups is 5. The van der Waals surface area contributed by atoms with Gasteiger partial charge < -0.3 is 50.6 Å². The summed E-state index contributed by atoms with van der Waals surface area (Å²) in [6.45, 7) is 5.69. The number of carboxylic acid groups (broad SMARTS) is 1. The molecule has 0 aromatic carbocycles. The summed E-state index contributed by atoms with van der Waals surface area (Å²) in [5, 5.41) is 47.1. The van der Waals surface area contributed by atoms with E-state index in [4.69, 9.17) is 19.3 Å². The largest absolute Gasteiger partial charge is 0.481 e. The van der Waals surface area contributed by atoms with E-state index in [2.05, 4.69) is 22.9 Å². The maximum Gasteiger partial charge on any atom is 0.336 e. The van der Waals surface area contributed by atoms with Gasteiger partial charge in [0.05, 0.1) is 6.61 Å². The molecule has 1 aliphatic rings. The number of rotatable bonds is 23. The molecular weight excluding hydrogens is 606 g/mol. The second-order valence-electron chi connectivity index (χ2n) is 11.8. The van der Waals surface area contributed by atoms with Gasteiger partial charge in [0.25, 0.3) is 0 Å². The lowest BCUT2D eigenvalue weighted by Crippen LogP contribution is -2.65. The molecule has 0 saturated carbocycles. The number of carboxylic acids is 1. The van der Waals surface area contributed by atoms with Gasteiger partial charge in [-0.3, -0.25) is 14.4 Å². The van der Waals surface area contributed by atoms with E-state index in [1.54, 1.807) is 0 Å². The molecule has 266 valence electrons. The number of amides is 2. The number of aliphatic hydroxyl groups excluding tert-OH is 3. The molecule has 0 unspecified atom stereocenters. The minimum Gasteiger partial charge on any atom is -0.481 e. The van der Waals surface area contributed by atoms with Gasteiger partial charge in [0, 0.05) is 13.3 Å². The molecule has 8 atom stereocenters. The van der Waals surface area contributed by atoms with Crippen LogP contribution in [0.4, 0.5) is 0 Å². The van der Waals surface area contributed by atoms with E-state index in [1.807, 2.05) is 0 Å². The van der Waals surface area contributed by atoms with Crippen LogP contribution in [0.3, 0.4) is 0 Å². The van der Waals surface area contributed by atoms with Crippen LogP contribution in [0, 0.1) is 0 Å². The Bertz CT molecular complexity index is 952. The zero-order valence-electron chi connectivity index (χ0n) is 27.6. The summed E-state index contributed by atoms with van der Waals surface area (Å²) in [6.07, 6.45) is 3.80. The Morgan fingerprint density at radius 3 is 2.02 bits per heavy atom. The Balaban J connectivity index is 2.62. The van der Waals surface area contributed by atoms with Gasteiger partial charge in [-0.25, -0.2) is 9.59 Å². The molecule has 0 aromatic heterocycles. The fourth-order valence-corrected chi connectivity index (χ4v) is 5.04. The number of esters is 2. The van der Waals surface area contributed by atoms with Gasteiger partial charge in [0.2, 0.25) is 11.8 Å². The summed E-state index contributed by atoms with van der Waals surface area (Å²) in [7, 11) is 0. The van der Waals surface area contributed by atoms with Gasteiger partial charge in [-0.1, -0.05) is 64.7 Å². The molecule has 0 spiro atoms. The number of hydrogen-bond donors (Lipinski definition) is 7. The van der Waals surface area contributed by atoms with Crippen molar-refractivity contribution in [2.24, 2.45) is 0 Å². The molecule has 0 aliphatic carbocycles. The van der Waals surface area contributed by atoms with Crippen molar-refractivity contribution in [3.8, 4) is 0 Å². The average molecular weight is 662 g/mol. The van der Waals surface area contributed by atoms with Crippen molar-refractivity contribution >= 4 is 29.7 Å². The van der Waals surface area contributed by atoms with Gasteiger partial charge in [-0.15, -0.1) is 0 Å². The molecule has 15 heteroatoms. The van der Waals surface area contributed by atoms with Crippen LogP contribution < -0.4 is 16.0 Å². The van der Waals surface area contributed by atoms with Crippen LogP contribution in [0.15, 0.2) is 0 Å². The van der Waals surface area contributed by atoms with Crippen molar-refractivity contribution in [2.45, 2.75) is 154 Å². The molecule has 1 saturated heterocycles.